The molecule has 1 atom stereocenters. The minimum Gasteiger partial charge on any atom is -0.309 e. The molecule has 1 aromatic rings. The SMILES string of the molecule is CN(C)CC1Cc2cc(F)ccc2C1=O.Cl. The van der Waals surface area contributed by atoms with E-state index in [0.717, 1.165) is 12.1 Å². The molecule has 0 saturated carbocycles. The Balaban J connectivity index is 0.00000128. The highest BCUT2D eigenvalue weighted by atomic mass is 35.5. The van der Waals surface area contributed by atoms with Crippen LogP contribution >= 0.6 is 12.4 Å². The highest BCUT2D eigenvalue weighted by Gasteiger charge is 2.30. The molecular formula is C12H15ClFNO. The van der Waals surface area contributed by atoms with Crippen molar-refractivity contribution in [2.24, 2.45) is 5.92 Å². The third-order valence-electron chi connectivity index (χ3n) is 2.76. The molecule has 0 fully saturated rings. The predicted octanol–water partition coefficient (Wildman–Crippen LogP) is 2.16. The van der Waals surface area contributed by atoms with Gasteiger partial charge in [0.2, 0.25) is 0 Å². The van der Waals surface area contributed by atoms with E-state index in [9.17, 15) is 9.18 Å². The van der Waals surface area contributed by atoms with E-state index in [0.29, 0.717) is 12.0 Å². The Bertz CT molecular complexity index is 406. The van der Waals surface area contributed by atoms with Crippen molar-refractivity contribution >= 4 is 18.2 Å². The zero-order valence-corrected chi connectivity index (χ0v) is 10.2. The van der Waals surface area contributed by atoms with Crippen LogP contribution in [0.25, 0.3) is 0 Å². The van der Waals surface area contributed by atoms with Gasteiger partial charge in [-0.3, -0.25) is 4.79 Å². The average Bonchev–Trinajstić information content (AvgIpc) is 2.42. The third-order valence-corrected chi connectivity index (χ3v) is 2.76. The molecule has 4 heteroatoms. The second-order valence-corrected chi connectivity index (χ2v) is 4.33. The minimum absolute atomic E-state index is 0. The summed E-state index contributed by atoms with van der Waals surface area (Å²) in [7, 11) is 3.88. The standard InChI is InChI=1S/C12H14FNO.ClH/c1-14(2)7-9-5-8-6-10(13)3-4-11(8)12(9)15;/h3-4,6,9H,5,7H2,1-2H3;1H. The number of Topliss-reactive ketones (excluding diaryl/α,β-unsaturated/α-hetero) is 1. The van der Waals surface area contributed by atoms with Gasteiger partial charge in [0, 0.05) is 18.0 Å². The molecule has 1 unspecified atom stereocenters. The van der Waals surface area contributed by atoms with Crippen LogP contribution in [0.4, 0.5) is 4.39 Å². The number of carbonyl (C=O) groups excluding carboxylic acids is 1. The molecule has 1 aliphatic rings. The third kappa shape index (κ3) is 2.42. The first-order chi connectivity index (χ1) is 7.08. The van der Waals surface area contributed by atoms with Crippen LogP contribution in [0.15, 0.2) is 18.2 Å². The number of nitrogens with zero attached hydrogens (tertiary/aromatic N) is 1. The summed E-state index contributed by atoms with van der Waals surface area (Å²) in [6.45, 7) is 0.731. The largest absolute Gasteiger partial charge is 0.309 e. The minimum atomic E-state index is -0.257. The second-order valence-electron chi connectivity index (χ2n) is 4.33. The Morgan fingerprint density at radius 1 is 1.44 bits per heavy atom. The van der Waals surface area contributed by atoms with Gasteiger partial charge in [0.1, 0.15) is 5.82 Å². The summed E-state index contributed by atoms with van der Waals surface area (Å²) < 4.78 is 13.0. The first kappa shape index (κ1) is 13.1. The van der Waals surface area contributed by atoms with Gasteiger partial charge in [-0.2, -0.15) is 0 Å². The van der Waals surface area contributed by atoms with Crippen molar-refractivity contribution in [2.45, 2.75) is 6.42 Å². The Kier molecular flexibility index (Phi) is 4.05. The van der Waals surface area contributed by atoms with E-state index >= 15 is 0 Å². The fourth-order valence-electron chi connectivity index (χ4n) is 2.14. The Morgan fingerprint density at radius 2 is 2.12 bits per heavy atom. The first-order valence-electron chi connectivity index (χ1n) is 5.05. The van der Waals surface area contributed by atoms with E-state index in [4.69, 9.17) is 0 Å². The van der Waals surface area contributed by atoms with Gasteiger partial charge in [-0.05, 0) is 44.3 Å². The van der Waals surface area contributed by atoms with Crippen molar-refractivity contribution in [2.75, 3.05) is 20.6 Å². The summed E-state index contributed by atoms with van der Waals surface area (Å²) in [5.74, 6) is -0.109. The molecule has 0 heterocycles. The lowest BCUT2D eigenvalue weighted by Gasteiger charge is -2.13. The predicted molar refractivity (Wildman–Crippen MR) is 63.7 cm³/mol. The lowest BCUT2D eigenvalue weighted by Crippen LogP contribution is -2.25. The van der Waals surface area contributed by atoms with Crippen molar-refractivity contribution < 1.29 is 9.18 Å². The summed E-state index contributed by atoms with van der Waals surface area (Å²) in [6, 6.07) is 4.43. The molecule has 16 heavy (non-hydrogen) atoms. The number of halogens is 2. The zero-order chi connectivity index (χ0) is 11.0. The summed E-state index contributed by atoms with van der Waals surface area (Å²) in [5.41, 5.74) is 1.55. The van der Waals surface area contributed by atoms with Crippen molar-refractivity contribution in [1.82, 2.24) is 4.90 Å². The van der Waals surface area contributed by atoms with Gasteiger partial charge in [-0.1, -0.05) is 0 Å². The van der Waals surface area contributed by atoms with Gasteiger partial charge in [0.25, 0.3) is 0 Å². The molecule has 0 saturated heterocycles. The molecule has 88 valence electrons. The average molecular weight is 244 g/mol. The maximum atomic E-state index is 13.0. The van der Waals surface area contributed by atoms with Crippen LogP contribution in [0.1, 0.15) is 15.9 Å². The number of benzene rings is 1. The van der Waals surface area contributed by atoms with E-state index in [1.54, 1.807) is 6.07 Å². The fraction of sp³-hybridized carbons (Fsp3) is 0.417. The Labute approximate surface area is 101 Å². The van der Waals surface area contributed by atoms with E-state index in [-0.39, 0.29) is 29.9 Å². The van der Waals surface area contributed by atoms with Gasteiger partial charge >= 0.3 is 0 Å². The summed E-state index contributed by atoms with van der Waals surface area (Å²) in [6.07, 6.45) is 0.671. The van der Waals surface area contributed by atoms with Gasteiger partial charge in [-0.25, -0.2) is 4.39 Å². The molecule has 2 rings (SSSR count). The molecule has 1 aromatic carbocycles. The number of fused-ring (bicyclic) bond motifs is 1. The lowest BCUT2D eigenvalue weighted by atomic mass is 10.1. The lowest BCUT2D eigenvalue weighted by molar-refractivity contribution is 0.0916. The molecule has 0 N–H and O–H groups in total. The van der Waals surface area contributed by atoms with Gasteiger partial charge in [0.15, 0.2) is 5.78 Å². The monoisotopic (exact) mass is 243 g/mol. The quantitative estimate of drug-likeness (QED) is 0.794. The van der Waals surface area contributed by atoms with Gasteiger partial charge < -0.3 is 4.90 Å². The number of ketones is 1. The molecule has 0 radical (unpaired) electrons. The Morgan fingerprint density at radius 3 is 2.75 bits per heavy atom. The molecular weight excluding hydrogens is 229 g/mol. The first-order valence-corrected chi connectivity index (χ1v) is 5.05. The number of hydrogen-bond donors (Lipinski definition) is 0. The highest BCUT2D eigenvalue weighted by molar-refractivity contribution is 6.02. The maximum absolute atomic E-state index is 13.0. The number of rotatable bonds is 2. The fourth-order valence-corrected chi connectivity index (χ4v) is 2.14. The van der Waals surface area contributed by atoms with Gasteiger partial charge in [0.05, 0.1) is 0 Å². The van der Waals surface area contributed by atoms with Crippen molar-refractivity contribution in [3.05, 3.63) is 35.1 Å². The second kappa shape index (κ2) is 4.93. The van der Waals surface area contributed by atoms with E-state index < -0.39 is 0 Å². The van der Waals surface area contributed by atoms with Crippen LogP contribution < -0.4 is 0 Å². The normalized spacial score (nSPS) is 18.5. The van der Waals surface area contributed by atoms with Crippen molar-refractivity contribution in [3.8, 4) is 0 Å². The van der Waals surface area contributed by atoms with E-state index in [2.05, 4.69) is 0 Å². The number of hydrogen-bond acceptors (Lipinski definition) is 2. The van der Waals surface area contributed by atoms with Gasteiger partial charge in [-0.15, -0.1) is 12.4 Å². The topological polar surface area (TPSA) is 20.3 Å². The Hall–Kier alpha value is -0.930. The smallest absolute Gasteiger partial charge is 0.167 e. The summed E-state index contributed by atoms with van der Waals surface area (Å²) in [4.78, 5) is 13.9. The van der Waals surface area contributed by atoms with Crippen LogP contribution in [0.2, 0.25) is 0 Å². The van der Waals surface area contributed by atoms with Crippen LogP contribution in [0.5, 0.6) is 0 Å². The van der Waals surface area contributed by atoms with Crippen molar-refractivity contribution in [1.29, 1.82) is 0 Å². The van der Waals surface area contributed by atoms with Crippen molar-refractivity contribution in [3.63, 3.8) is 0 Å². The molecule has 0 aliphatic heterocycles. The molecule has 0 spiro atoms. The molecule has 0 aromatic heterocycles. The maximum Gasteiger partial charge on any atom is 0.167 e. The summed E-state index contributed by atoms with van der Waals surface area (Å²) in [5, 5.41) is 0. The zero-order valence-electron chi connectivity index (χ0n) is 9.37. The molecule has 2 nitrogen and oxygen atoms in total. The van der Waals surface area contributed by atoms with Crippen LogP contribution in [-0.2, 0) is 6.42 Å². The molecule has 0 amide bonds. The highest BCUT2D eigenvalue weighted by Crippen LogP contribution is 2.27. The van der Waals surface area contributed by atoms with Crippen LogP contribution in [0, 0.1) is 11.7 Å². The van der Waals surface area contributed by atoms with E-state index in [1.807, 2.05) is 19.0 Å². The van der Waals surface area contributed by atoms with Crippen LogP contribution in [-0.4, -0.2) is 31.3 Å². The number of carbonyl (C=O) groups is 1. The van der Waals surface area contributed by atoms with E-state index in [1.165, 1.54) is 12.1 Å². The molecule has 1 aliphatic carbocycles. The van der Waals surface area contributed by atoms with Crippen LogP contribution in [0.3, 0.4) is 0 Å². The molecule has 0 bridgehead atoms. The summed E-state index contributed by atoms with van der Waals surface area (Å²) >= 11 is 0.